The number of piperidine rings is 1. The molecule has 1 fully saturated rings. The van der Waals surface area contributed by atoms with Crippen molar-refractivity contribution < 1.29 is 4.79 Å². The van der Waals surface area contributed by atoms with Crippen LogP contribution in [0.1, 0.15) is 37.1 Å². The number of thioether (sulfide) groups is 1. The lowest BCUT2D eigenvalue weighted by molar-refractivity contribution is -0.131. The second-order valence-corrected chi connectivity index (χ2v) is 7.15. The van der Waals surface area contributed by atoms with Crippen LogP contribution < -0.4 is 0 Å². The highest BCUT2D eigenvalue weighted by Crippen LogP contribution is 2.26. The van der Waals surface area contributed by atoms with Gasteiger partial charge in [0, 0.05) is 42.8 Å². The van der Waals surface area contributed by atoms with Gasteiger partial charge in [-0.05, 0) is 43.7 Å². The number of nitrogens with zero attached hydrogens (tertiary/aromatic N) is 3. The van der Waals surface area contributed by atoms with E-state index in [0.717, 1.165) is 43.9 Å². The summed E-state index contributed by atoms with van der Waals surface area (Å²) in [7, 11) is 0. The maximum Gasteiger partial charge on any atom is 0.227 e. The molecule has 1 aliphatic heterocycles. The van der Waals surface area contributed by atoms with Crippen LogP contribution in [0.3, 0.4) is 0 Å². The van der Waals surface area contributed by atoms with Gasteiger partial charge in [0.2, 0.25) is 5.91 Å². The summed E-state index contributed by atoms with van der Waals surface area (Å²) >= 11 is 1.72. The average Bonchev–Trinajstić information content (AvgIpc) is 3.11. The van der Waals surface area contributed by atoms with E-state index in [2.05, 4.69) is 47.0 Å². The number of rotatable bonds is 5. The molecule has 1 aliphatic rings. The Morgan fingerprint density at radius 1 is 1.33 bits per heavy atom. The van der Waals surface area contributed by atoms with Gasteiger partial charge in [0.1, 0.15) is 5.82 Å². The Balaban J connectivity index is 1.64. The van der Waals surface area contributed by atoms with Crippen molar-refractivity contribution in [1.29, 1.82) is 0 Å². The van der Waals surface area contributed by atoms with Gasteiger partial charge >= 0.3 is 0 Å². The second kappa shape index (κ2) is 7.88. The average molecular weight is 343 g/mol. The van der Waals surface area contributed by atoms with Gasteiger partial charge in [-0.15, -0.1) is 11.8 Å². The number of benzene rings is 1. The number of carbonyl (C=O) groups is 1. The fourth-order valence-corrected chi connectivity index (χ4v) is 3.80. The Morgan fingerprint density at radius 2 is 2.12 bits per heavy atom. The molecule has 1 amide bonds. The summed E-state index contributed by atoms with van der Waals surface area (Å²) in [6.07, 6.45) is 8.62. The van der Waals surface area contributed by atoms with Gasteiger partial charge < -0.3 is 9.47 Å². The molecule has 2 aromatic rings. The molecule has 4 nitrogen and oxygen atoms in total. The second-order valence-electron chi connectivity index (χ2n) is 6.28. The van der Waals surface area contributed by atoms with Crippen LogP contribution in [0.25, 0.3) is 0 Å². The SMILES string of the molecule is CCn1ccnc1[C@H]1CCCN(C(=O)Cc2ccc(SC)cc2)C1. The third kappa shape index (κ3) is 3.83. The zero-order valence-electron chi connectivity index (χ0n) is 14.4. The van der Waals surface area contributed by atoms with Gasteiger partial charge in [0.05, 0.1) is 6.42 Å². The third-order valence-corrected chi connectivity index (χ3v) is 5.49. The number of carbonyl (C=O) groups excluding carboxylic acids is 1. The molecule has 0 saturated carbocycles. The normalized spacial score (nSPS) is 17.9. The molecular weight excluding hydrogens is 318 g/mol. The summed E-state index contributed by atoms with van der Waals surface area (Å²) in [5.74, 6) is 1.71. The van der Waals surface area contributed by atoms with Gasteiger partial charge in [0.25, 0.3) is 0 Å². The number of amides is 1. The van der Waals surface area contributed by atoms with Crippen LogP contribution in [-0.2, 0) is 17.8 Å². The van der Waals surface area contributed by atoms with Crippen molar-refractivity contribution in [2.24, 2.45) is 0 Å². The fraction of sp³-hybridized carbons (Fsp3) is 0.474. The highest BCUT2D eigenvalue weighted by atomic mass is 32.2. The predicted octanol–water partition coefficient (Wildman–Crippen LogP) is 3.57. The van der Waals surface area contributed by atoms with Crippen LogP contribution in [0.4, 0.5) is 0 Å². The Morgan fingerprint density at radius 3 is 2.83 bits per heavy atom. The summed E-state index contributed by atoms with van der Waals surface area (Å²) in [5, 5.41) is 0. The Labute approximate surface area is 148 Å². The van der Waals surface area contributed by atoms with Crippen LogP contribution in [-0.4, -0.2) is 39.7 Å². The summed E-state index contributed by atoms with van der Waals surface area (Å²) in [6, 6.07) is 8.30. The number of imidazole rings is 1. The first-order valence-electron chi connectivity index (χ1n) is 8.63. The van der Waals surface area contributed by atoms with Crippen molar-refractivity contribution in [2.45, 2.75) is 43.5 Å². The molecule has 0 bridgehead atoms. The Hall–Kier alpha value is -1.75. The van der Waals surface area contributed by atoms with Crippen molar-refractivity contribution in [3.63, 3.8) is 0 Å². The molecule has 0 spiro atoms. The van der Waals surface area contributed by atoms with E-state index in [1.165, 1.54) is 4.90 Å². The van der Waals surface area contributed by atoms with Crippen LogP contribution in [0.5, 0.6) is 0 Å². The Kier molecular flexibility index (Phi) is 5.61. The molecule has 2 heterocycles. The van der Waals surface area contributed by atoms with Gasteiger partial charge in [-0.1, -0.05) is 12.1 Å². The zero-order valence-corrected chi connectivity index (χ0v) is 15.3. The lowest BCUT2D eigenvalue weighted by Gasteiger charge is -2.32. The molecule has 1 saturated heterocycles. The standard InChI is InChI=1S/C19H25N3OS/c1-3-21-12-10-20-19(21)16-5-4-11-22(14-16)18(23)13-15-6-8-17(24-2)9-7-15/h6-10,12,16H,3-5,11,13-14H2,1-2H3/t16-/m0/s1. The van der Waals surface area contributed by atoms with Crippen LogP contribution in [0.15, 0.2) is 41.6 Å². The van der Waals surface area contributed by atoms with Crippen molar-refractivity contribution in [1.82, 2.24) is 14.5 Å². The number of aromatic nitrogens is 2. The van der Waals surface area contributed by atoms with Gasteiger partial charge in [-0.25, -0.2) is 4.98 Å². The molecule has 0 radical (unpaired) electrons. The van der Waals surface area contributed by atoms with Gasteiger partial charge in [-0.3, -0.25) is 4.79 Å². The molecule has 5 heteroatoms. The molecule has 128 valence electrons. The highest BCUT2D eigenvalue weighted by Gasteiger charge is 2.27. The van der Waals surface area contributed by atoms with E-state index >= 15 is 0 Å². The molecule has 1 aromatic carbocycles. The van der Waals surface area contributed by atoms with E-state index in [9.17, 15) is 4.79 Å². The van der Waals surface area contributed by atoms with Crippen molar-refractivity contribution >= 4 is 17.7 Å². The first-order chi connectivity index (χ1) is 11.7. The minimum atomic E-state index is 0.228. The van der Waals surface area contributed by atoms with Gasteiger partial charge in [0.15, 0.2) is 0 Å². The first kappa shape index (κ1) is 17.1. The van der Waals surface area contributed by atoms with Crippen LogP contribution in [0.2, 0.25) is 0 Å². The number of hydrogen-bond donors (Lipinski definition) is 0. The highest BCUT2D eigenvalue weighted by molar-refractivity contribution is 7.98. The van der Waals surface area contributed by atoms with Crippen molar-refractivity contribution in [3.05, 3.63) is 48.0 Å². The van der Waals surface area contributed by atoms with E-state index in [0.29, 0.717) is 12.3 Å². The van der Waals surface area contributed by atoms with Gasteiger partial charge in [-0.2, -0.15) is 0 Å². The fourth-order valence-electron chi connectivity index (χ4n) is 3.39. The van der Waals surface area contributed by atoms with E-state index < -0.39 is 0 Å². The maximum absolute atomic E-state index is 12.7. The largest absolute Gasteiger partial charge is 0.342 e. The molecule has 3 rings (SSSR count). The third-order valence-electron chi connectivity index (χ3n) is 4.74. The molecule has 0 N–H and O–H groups in total. The molecular formula is C19H25N3OS. The molecule has 24 heavy (non-hydrogen) atoms. The minimum Gasteiger partial charge on any atom is -0.342 e. The molecule has 0 aliphatic carbocycles. The van der Waals surface area contributed by atoms with Crippen molar-refractivity contribution in [2.75, 3.05) is 19.3 Å². The lowest BCUT2D eigenvalue weighted by atomic mass is 9.96. The quantitative estimate of drug-likeness (QED) is 0.779. The number of likely N-dealkylation sites (tertiary alicyclic amines) is 1. The Bertz CT molecular complexity index is 680. The van der Waals surface area contributed by atoms with E-state index in [-0.39, 0.29) is 5.91 Å². The molecule has 0 unspecified atom stereocenters. The maximum atomic E-state index is 12.7. The summed E-state index contributed by atoms with van der Waals surface area (Å²) in [5.41, 5.74) is 1.09. The van der Waals surface area contributed by atoms with Crippen LogP contribution in [0, 0.1) is 0 Å². The van der Waals surface area contributed by atoms with E-state index in [1.54, 1.807) is 11.8 Å². The summed E-state index contributed by atoms with van der Waals surface area (Å²) in [6.45, 7) is 4.72. The topological polar surface area (TPSA) is 38.1 Å². The monoisotopic (exact) mass is 343 g/mol. The van der Waals surface area contributed by atoms with Crippen LogP contribution >= 0.6 is 11.8 Å². The molecule has 1 atom stereocenters. The summed E-state index contributed by atoms with van der Waals surface area (Å²) < 4.78 is 2.19. The smallest absolute Gasteiger partial charge is 0.227 e. The minimum absolute atomic E-state index is 0.228. The first-order valence-corrected chi connectivity index (χ1v) is 9.85. The summed E-state index contributed by atoms with van der Waals surface area (Å²) in [4.78, 5) is 20.5. The lowest BCUT2D eigenvalue weighted by Crippen LogP contribution is -2.40. The number of hydrogen-bond acceptors (Lipinski definition) is 3. The van der Waals surface area contributed by atoms with Crippen molar-refractivity contribution in [3.8, 4) is 0 Å². The van der Waals surface area contributed by atoms with E-state index in [4.69, 9.17) is 0 Å². The zero-order chi connectivity index (χ0) is 16.9. The number of aryl methyl sites for hydroxylation is 1. The predicted molar refractivity (Wildman–Crippen MR) is 98.4 cm³/mol. The molecule has 1 aromatic heterocycles. The van der Waals surface area contributed by atoms with E-state index in [1.807, 2.05) is 17.3 Å².